The lowest BCUT2D eigenvalue weighted by Crippen LogP contribution is -2.00. The van der Waals surface area contributed by atoms with Gasteiger partial charge in [0.25, 0.3) is 0 Å². The Balaban J connectivity index is 2.05. The van der Waals surface area contributed by atoms with Crippen molar-refractivity contribution in [3.05, 3.63) is 77.4 Å². The number of nitrogens with zero attached hydrogens (tertiary/aromatic N) is 2. The first-order valence-corrected chi connectivity index (χ1v) is 7.52. The molecule has 0 saturated carbocycles. The van der Waals surface area contributed by atoms with Crippen molar-refractivity contribution in [2.45, 2.75) is 13.3 Å². The van der Waals surface area contributed by atoms with Crippen LogP contribution in [0.5, 0.6) is 5.75 Å². The molecule has 0 heterocycles. The first-order chi connectivity index (χ1) is 11.6. The second kappa shape index (κ2) is 8.72. The molecule has 0 radical (unpaired) electrons. The molecule has 3 nitrogen and oxygen atoms in total. The maximum absolute atomic E-state index is 13.8. The van der Waals surface area contributed by atoms with Crippen LogP contribution < -0.4 is 4.74 Å². The lowest BCUT2D eigenvalue weighted by Gasteiger charge is -2.06. The van der Waals surface area contributed by atoms with Crippen LogP contribution in [-0.4, -0.2) is 19.0 Å². The molecule has 0 fully saturated rings. The summed E-state index contributed by atoms with van der Waals surface area (Å²) in [6.07, 6.45) is 5.24. The van der Waals surface area contributed by atoms with Crippen molar-refractivity contribution >= 4 is 12.4 Å². The molecule has 0 spiro atoms. The van der Waals surface area contributed by atoms with Gasteiger partial charge in [-0.05, 0) is 29.7 Å². The van der Waals surface area contributed by atoms with Crippen molar-refractivity contribution in [1.29, 1.82) is 0 Å². The van der Waals surface area contributed by atoms with Gasteiger partial charge in [-0.25, -0.2) is 8.78 Å². The topological polar surface area (TPSA) is 34.0 Å². The predicted octanol–water partition coefficient (Wildman–Crippen LogP) is 4.55. The van der Waals surface area contributed by atoms with E-state index in [2.05, 4.69) is 23.7 Å². The van der Waals surface area contributed by atoms with Gasteiger partial charge in [0.15, 0.2) is 17.4 Å². The third-order valence-electron chi connectivity index (χ3n) is 3.23. The first kappa shape index (κ1) is 17.5. The minimum Gasteiger partial charge on any atom is -0.483 e. The van der Waals surface area contributed by atoms with Crippen LogP contribution in [0.1, 0.15) is 23.6 Å². The summed E-state index contributed by atoms with van der Waals surface area (Å²) < 4.78 is 32.5. The molecule has 24 heavy (non-hydrogen) atoms. The van der Waals surface area contributed by atoms with E-state index in [1.165, 1.54) is 17.9 Å². The Labute approximate surface area is 140 Å². The van der Waals surface area contributed by atoms with Crippen LogP contribution in [0.15, 0.2) is 59.3 Å². The molecule has 2 aromatic rings. The van der Waals surface area contributed by atoms with E-state index in [1.54, 1.807) is 6.21 Å². The zero-order valence-corrected chi connectivity index (χ0v) is 13.4. The van der Waals surface area contributed by atoms with Gasteiger partial charge in [0.1, 0.15) is 6.61 Å². The van der Waals surface area contributed by atoms with Crippen molar-refractivity contribution in [2.75, 3.05) is 6.61 Å². The van der Waals surface area contributed by atoms with Crippen LogP contribution in [0.2, 0.25) is 0 Å². The Morgan fingerprint density at radius 1 is 1.00 bits per heavy atom. The van der Waals surface area contributed by atoms with Crippen molar-refractivity contribution in [3.8, 4) is 5.75 Å². The number of hydrogen-bond acceptors (Lipinski definition) is 3. The van der Waals surface area contributed by atoms with Crippen LogP contribution in [0.3, 0.4) is 0 Å². The molecule has 2 rings (SSSR count). The summed E-state index contributed by atoms with van der Waals surface area (Å²) in [4.78, 5) is 0. The van der Waals surface area contributed by atoms with E-state index in [0.29, 0.717) is 0 Å². The highest BCUT2D eigenvalue weighted by Gasteiger charge is 2.11. The third kappa shape index (κ3) is 4.84. The molecule has 0 amide bonds. The molecule has 0 atom stereocenters. The predicted molar refractivity (Wildman–Crippen MR) is 93.1 cm³/mol. The molecule has 0 aliphatic carbocycles. The quantitative estimate of drug-likeness (QED) is 0.417. The first-order valence-electron chi connectivity index (χ1n) is 7.52. The molecule has 5 heteroatoms. The fourth-order valence-electron chi connectivity index (χ4n) is 1.97. The molecule has 2 aromatic carbocycles. The van der Waals surface area contributed by atoms with Gasteiger partial charge in [-0.1, -0.05) is 43.8 Å². The van der Waals surface area contributed by atoms with Crippen LogP contribution in [-0.2, 0) is 6.42 Å². The molecule has 0 N–H and O–H groups in total. The minimum atomic E-state index is -0.794. The van der Waals surface area contributed by atoms with Gasteiger partial charge < -0.3 is 4.74 Å². The highest BCUT2D eigenvalue weighted by molar-refractivity contribution is 5.82. The Bertz CT molecular complexity index is 729. The third-order valence-corrected chi connectivity index (χ3v) is 3.23. The lowest BCUT2D eigenvalue weighted by molar-refractivity contribution is 0.321. The van der Waals surface area contributed by atoms with E-state index in [9.17, 15) is 8.78 Å². The van der Waals surface area contributed by atoms with E-state index in [1.807, 2.05) is 24.3 Å². The number of rotatable bonds is 7. The van der Waals surface area contributed by atoms with E-state index < -0.39 is 17.4 Å². The molecule has 0 unspecified atom stereocenters. The summed E-state index contributed by atoms with van der Waals surface area (Å²) in [6.45, 7) is 5.54. The number of ether oxygens (including phenoxy) is 1. The van der Waals surface area contributed by atoms with Crippen LogP contribution >= 0.6 is 0 Å². The van der Waals surface area contributed by atoms with Crippen molar-refractivity contribution < 1.29 is 13.5 Å². The van der Waals surface area contributed by atoms with Gasteiger partial charge in [0.05, 0.1) is 12.4 Å². The SMILES string of the molecule is C=CCOc1c(F)cc(/C=N/N=C/c2ccc(CC)cc2)cc1F. The average Bonchev–Trinajstić information content (AvgIpc) is 2.58. The van der Waals surface area contributed by atoms with E-state index in [-0.39, 0.29) is 12.2 Å². The molecule has 0 aromatic heterocycles. The number of aryl methyl sites for hydroxylation is 1. The Morgan fingerprint density at radius 3 is 2.12 bits per heavy atom. The highest BCUT2D eigenvalue weighted by atomic mass is 19.1. The van der Waals surface area contributed by atoms with Gasteiger partial charge in [0.2, 0.25) is 0 Å². The molecular formula is C19H18F2N2O. The second-order valence-corrected chi connectivity index (χ2v) is 5.00. The van der Waals surface area contributed by atoms with Crippen LogP contribution in [0.25, 0.3) is 0 Å². The standard InChI is InChI=1S/C19H18F2N2O/c1-3-9-24-19-17(20)10-16(11-18(19)21)13-23-22-12-15-7-5-14(4-2)6-8-15/h3,5-8,10-13H,1,4,9H2,2H3/b22-12+,23-13+. The summed E-state index contributed by atoms with van der Waals surface area (Å²) in [7, 11) is 0. The van der Waals surface area contributed by atoms with Crippen molar-refractivity contribution in [3.63, 3.8) is 0 Å². The summed E-state index contributed by atoms with van der Waals surface area (Å²) in [5.74, 6) is -2.01. The normalized spacial score (nSPS) is 11.3. The van der Waals surface area contributed by atoms with Crippen molar-refractivity contribution in [1.82, 2.24) is 0 Å². The highest BCUT2D eigenvalue weighted by Crippen LogP contribution is 2.22. The Hall–Kier alpha value is -2.82. The molecule has 124 valence electrons. The second-order valence-electron chi connectivity index (χ2n) is 5.00. The molecular weight excluding hydrogens is 310 g/mol. The molecule has 0 aliphatic rings. The average molecular weight is 328 g/mol. The van der Waals surface area contributed by atoms with Crippen molar-refractivity contribution in [2.24, 2.45) is 10.2 Å². The largest absolute Gasteiger partial charge is 0.483 e. The fraction of sp³-hybridized carbons (Fsp3) is 0.158. The minimum absolute atomic E-state index is 0.0301. The van der Waals surface area contributed by atoms with E-state index >= 15 is 0 Å². The van der Waals surface area contributed by atoms with Gasteiger partial charge >= 0.3 is 0 Å². The summed E-state index contributed by atoms with van der Waals surface area (Å²) in [6, 6.07) is 10.2. The monoisotopic (exact) mass is 328 g/mol. The summed E-state index contributed by atoms with van der Waals surface area (Å²) >= 11 is 0. The van der Waals surface area contributed by atoms with E-state index in [0.717, 1.165) is 24.1 Å². The smallest absolute Gasteiger partial charge is 0.191 e. The summed E-state index contributed by atoms with van der Waals surface area (Å²) in [5.41, 5.74) is 2.39. The van der Waals surface area contributed by atoms with Gasteiger partial charge in [-0.15, -0.1) is 0 Å². The van der Waals surface area contributed by atoms with Gasteiger partial charge in [-0.3, -0.25) is 0 Å². The number of hydrogen-bond donors (Lipinski definition) is 0. The molecule has 0 saturated heterocycles. The van der Waals surface area contributed by atoms with Crippen LogP contribution in [0, 0.1) is 11.6 Å². The van der Waals surface area contributed by atoms with Crippen LogP contribution in [0.4, 0.5) is 8.78 Å². The summed E-state index contributed by atoms with van der Waals surface area (Å²) in [5, 5.41) is 7.69. The molecule has 0 bridgehead atoms. The Morgan fingerprint density at radius 2 is 1.58 bits per heavy atom. The molecule has 0 aliphatic heterocycles. The fourth-order valence-corrected chi connectivity index (χ4v) is 1.97. The number of halogens is 2. The van der Waals surface area contributed by atoms with Gasteiger partial charge in [0, 0.05) is 5.56 Å². The Kier molecular flexibility index (Phi) is 6.37. The number of benzene rings is 2. The maximum atomic E-state index is 13.8. The lowest BCUT2D eigenvalue weighted by atomic mass is 10.1. The zero-order chi connectivity index (χ0) is 17.4. The van der Waals surface area contributed by atoms with E-state index in [4.69, 9.17) is 4.74 Å². The van der Waals surface area contributed by atoms with Gasteiger partial charge in [-0.2, -0.15) is 10.2 Å². The zero-order valence-electron chi connectivity index (χ0n) is 13.4. The maximum Gasteiger partial charge on any atom is 0.191 e.